The van der Waals surface area contributed by atoms with Crippen LogP contribution in [0.2, 0.25) is 0 Å². The summed E-state index contributed by atoms with van der Waals surface area (Å²) in [6.45, 7) is 0. The zero-order valence-corrected chi connectivity index (χ0v) is 11.6. The summed E-state index contributed by atoms with van der Waals surface area (Å²) in [6.07, 6.45) is -3.68. The van der Waals surface area contributed by atoms with Crippen LogP contribution in [0.3, 0.4) is 0 Å². The largest absolute Gasteiger partial charge is 0.416 e. The van der Waals surface area contributed by atoms with Crippen molar-refractivity contribution in [2.45, 2.75) is 18.5 Å². The highest BCUT2D eigenvalue weighted by atomic mass is 19.4. The van der Waals surface area contributed by atoms with Crippen LogP contribution < -0.4 is 5.32 Å². The van der Waals surface area contributed by atoms with Crippen LogP contribution in [0.5, 0.6) is 0 Å². The summed E-state index contributed by atoms with van der Waals surface area (Å²) in [5.74, 6) is -0.239. The van der Waals surface area contributed by atoms with Gasteiger partial charge in [0.25, 0.3) is 0 Å². The van der Waals surface area contributed by atoms with E-state index >= 15 is 0 Å². The Labute approximate surface area is 126 Å². The molecule has 0 saturated heterocycles. The van der Waals surface area contributed by atoms with Crippen molar-refractivity contribution in [2.75, 3.05) is 5.32 Å². The number of alkyl halides is 3. The minimum atomic E-state index is -4.41. The van der Waals surface area contributed by atoms with Crippen molar-refractivity contribution in [3.05, 3.63) is 65.7 Å². The van der Waals surface area contributed by atoms with Crippen molar-refractivity contribution in [3.63, 3.8) is 0 Å². The zero-order valence-electron chi connectivity index (χ0n) is 11.6. The third-order valence-electron chi connectivity index (χ3n) is 3.81. The van der Waals surface area contributed by atoms with Crippen LogP contribution in [0.15, 0.2) is 54.6 Å². The number of carbonyl (C=O) groups is 1. The van der Waals surface area contributed by atoms with Gasteiger partial charge in [-0.15, -0.1) is 0 Å². The first-order valence-electron chi connectivity index (χ1n) is 6.98. The van der Waals surface area contributed by atoms with Crippen LogP contribution in [0, 0.1) is 5.92 Å². The summed E-state index contributed by atoms with van der Waals surface area (Å²) in [4.78, 5) is 12.1. The molecule has 0 unspecified atom stereocenters. The maximum absolute atomic E-state index is 12.6. The molecule has 2 nitrogen and oxygen atoms in total. The molecule has 0 spiro atoms. The molecule has 114 valence electrons. The van der Waals surface area contributed by atoms with Crippen molar-refractivity contribution in [1.29, 1.82) is 0 Å². The second-order valence-corrected chi connectivity index (χ2v) is 5.43. The van der Waals surface area contributed by atoms with Gasteiger partial charge < -0.3 is 5.32 Å². The summed E-state index contributed by atoms with van der Waals surface area (Å²) in [6, 6.07) is 14.4. The maximum Gasteiger partial charge on any atom is 0.416 e. The van der Waals surface area contributed by atoms with Crippen LogP contribution in [0.25, 0.3) is 0 Å². The van der Waals surface area contributed by atoms with Gasteiger partial charge in [-0.3, -0.25) is 4.79 Å². The molecule has 1 amide bonds. The summed E-state index contributed by atoms with van der Waals surface area (Å²) in [5, 5.41) is 2.58. The van der Waals surface area contributed by atoms with E-state index in [9.17, 15) is 18.0 Å². The first kappa shape index (κ1) is 14.6. The molecule has 0 aromatic heterocycles. The van der Waals surface area contributed by atoms with Crippen LogP contribution in [0.1, 0.15) is 23.5 Å². The molecule has 0 bridgehead atoms. The summed E-state index contributed by atoms with van der Waals surface area (Å²) in [7, 11) is 0. The lowest BCUT2D eigenvalue weighted by Crippen LogP contribution is -2.15. The van der Waals surface area contributed by atoms with Crippen LogP contribution in [-0.2, 0) is 11.0 Å². The van der Waals surface area contributed by atoms with E-state index in [4.69, 9.17) is 0 Å². The fraction of sp³-hybridized carbons (Fsp3) is 0.235. The molecule has 2 aromatic carbocycles. The van der Waals surface area contributed by atoms with E-state index in [1.807, 2.05) is 30.3 Å². The number of hydrogen-bond acceptors (Lipinski definition) is 1. The molecular formula is C17H14F3NO. The first-order chi connectivity index (χ1) is 10.4. The van der Waals surface area contributed by atoms with E-state index in [2.05, 4.69) is 5.32 Å². The van der Waals surface area contributed by atoms with Gasteiger partial charge in [0.15, 0.2) is 0 Å². The van der Waals surface area contributed by atoms with Crippen molar-refractivity contribution < 1.29 is 18.0 Å². The predicted molar refractivity (Wildman–Crippen MR) is 77.4 cm³/mol. The minimum absolute atomic E-state index is 0.159. The van der Waals surface area contributed by atoms with E-state index in [1.165, 1.54) is 12.1 Å². The number of rotatable bonds is 3. The molecule has 0 heterocycles. The third-order valence-corrected chi connectivity index (χ3v) is 3.81. The lowest BCUT2D eigenvalue weighted by atomic mass is 10.1. The number of amides is 1. The molecule has 2 aromatic rings. The second-order valence-electron chi connectivity index (χ2n) is 5.43. The summed E-state index contributed by atoms with van der Waals surface area (Å²) in [5.41, 5.74) is 0.505. The number of carbonyl (C=O) groups excluding carboxylic acids is 1. The Balaban J connectivity index is 1.66. The van der Waals surface area contributed by atoms with E-state index in [-0.39, 0.29) is 23.4 Å². The monoisotopic (exact) mass is 305 g/mol. The number of benzene rings is 2. The highest BCUT2D eigenvalue weighted by molar-refractivity contribution is 5.95. The quantitative estimate of drug-likeness (QED) is 0.892. The van der Waals surface area contributed by atoms with Gasteiger partial charge in [0.1, 0.15) is 0 Å². The van der Waals surface area contributed by atoms with Crippen molar-refractivity contribution in [2.24, 2.45) is 5.92 Å². The standard InChI is InChI=1S/C17H14F3NO/c18-17(19,20)12-7-4-8-13(9-12)21-16(22)15-10-14(15)11-5-2-1-3-6-11/h1-9,14-15H,10H2,(H,21,22)/t14-,15-/m1/s1. The van der Waals surface area contributed by atoms with Gasteiger partial charge in [-0.2, -0.15) is 13.2 Å². The second kappa shape index (κ2) is 5.48. The maximum atomic E-state index is 12.6. The Morgan fingerprint density at radius 1 is 1.05 bits per heavy atom. The van der Waals surface area contributed by atoms with Gasteiger partial charge in [0.2, 0.25) is 5.91 Å². The molecule has 22 heavy (non-hydrogen) atoms. The Hall–Kier alpha value is -2.30. The lowest BCUT2D eigenvalue weighted by molar-refractivity contribution is -0.137. The van der Waals surface area contributed by atoms with E-state index < -0.39 is 11.7 Å². The highest BCUT2D eigenvalue weighted by Crippen LogP contribution is 2.47. The average Bonchev–Trinajstić information content (AvgIpc) is 3.28. The molecule has 5 heteroatoms. The highest BCUT2D eigenvalue weighted by Gasteiger charge is 2.43. The molecule has 2 atom stereocenters. The van der Waals surface area contributed by atoms with Crippen molar-refractivity contribution >= 4 is 11.6 Å². The first-order valence-corrected chi connectivity index (χ1v) is 6.98. The Kier molecular flexibility index (Phi) is 3.64. The van der Waals surface area contributed by atoms with Crippen molar-refractivity contribution in [1.82, 2.24) is 0 Å². The summed E-state index contributed by atoms with van der Waals surface area (Å²) < 4.78 is 37.9. The van der Waals surface area contributed by atoms with Gasteiger partial charge >= 0.3 is 6.18 Å². The van der Waals surface area contributed by atoms with E-state index in [0.29, 0.717) is 0 Å². The van der Waals surface area contributed by atoms with Crippen LogP contribution in [-0.4, -0.2) is 5.91 Å². The number of halogens is 3. The van der Waals surface area contributed by atoms with Gasteiger partial charge in [-0.05, 0) is 36.1 Å². The van der Waals surface area contributed by atoms with E-state index in [1.54, 1.807) is 0 Å². The van der Waals surface area contributed by atoms with Gasteiger partial charge in [0.05, 0.1) is 5.56 Å². The smallest absolute Gasteiger partial charge is 0.326 e. The fourth-order valence-electron chi connectivity index (χ4n) is 2.56. The number of nitrogens with one attached hydrogen (secondary N) is 1. The minimum Gasteiger partial charge on any atom is -0.326 e. The normalized spacial score (nSPS) is 20.5. The molecular weight excluding hydrogens is 291 g/mol. The SMILES string of the molecule is O=C(Nc1cccc(C(F)(F)F)c1)[C@@H]1C[C@@H]1c1ccccc1. The lowest BCUT2D eigenvalue weighted by Gasteiger charge is -2.10. The molecule has 3 rings (SSSR count). The molecule has 0 radical (unpaired) electrons. The molecule has 1 fully saturated rings. The Morgan fingerprint density at radius 2 is 1.77 bits per heavy atom. The predicted octanol–water partition coefficient (Wildman–Crippen LogP) is 4.45. The number of hydrogen-bond donors (Lipinski definition) is 1. The van der Waals surface area contributed by atoms with Crippen LogP contribution in [0.4, 0.5) is 18.9 Å². The molecule has 1 aliphatic carbocycles. The zero-order chi connectivity index (χ0) is 15.7. The molecule has 1 saturated carbocycles. The third kappa shape index (κ3) is 3.13. The van der Waals surface area contributed by atoms with Gasteiger partial charge in [0, 0.05) is 11.6 Å². The van der Waals surface area contributed by atoms with Crippen LogP contribution >= 0.6 is 0 Å². The Morgan fingerprint density at radius 3 is 2.45 bits per heavy atom. The van der Waals surface area contributed by atoms with E-state index in [0.717, 1.165) is 24.1 Å². The summed E-state index contributed by atoms with van der Waals surface area (Å²) >= 11 is 0. The molecule has 1 aliphatic rings. The van der Waals surface area contributed by atoms with Crippen molar-refractivity contribution in [3.8, 4) is 0 Å². The Bertz CT molecular complexity index is 682. The molecule has 0 aliphatic heterocycles. The number of anilines is 1. The van der Waals surface area contributed by atoms with Gasteiger partial charge in [-0.1, -0.05) is 36.4 Å². The topological polar surface area (TPSA) is 29.1 Å². The molecule has 1 N–H and O–H groups in total. The van der Waals surface area contributed by atoms with Gasteiger partial charge in [-0.25, -0.2) is 0 Å². The fourth-order valence-corrected chi connectivity index (χ4v) is 2.56. The average molecular weight is 305 g/mol.